The number of benzene rings is 2. The third-order valence-corrected chi connectivity index (χ3v) is 7.45. The van der Waals surface area contributed by atoms with E-state index in [4.69, 9.17) is 21.3 Å². The van der Waals surface area contributed by atoms with Gasteiger partial charge in [-0.3, -0.25) is 14.6 Å². The number of halogens is 1. The van der Waals surface area contributed by atoms with Crippen molar-refractivity contribution in [1.29, 1.82) is 0 Å². The Morgan fingerprint density at radius 2 is 2.06 bits per heavy atom. The van der Waals surface area contributed by atoms with Crippen LogP contribution < -0.4 is 4.90 Å². The van der Waals surface area contributed by atoms with E-state index < -0.39 is 0 Å². The van der Waals surface area contributed by atoms with Gasteiger partial charge in [0, 0.05) is 36.1 Å². The average Bonchev–Trinajstić information content (AvgIpc) is 3.21. The lowest BCUT2D eigenvalue weighted by molar-refractivity contribution is 0.0376. The average molecular weight is 476 g/mol. The number of aryl methyl sites for hydroxylation is 1. The van der Waals surface area contributed by atoms with Crippen LogP contribution in [0.25, 0.3) is 10.2 Å². The van der Waals surface area contributed by atoms with Gasteiger partial charge in [-0.2, -0.15) is 0 Å². The lowest BCUT2D eigenvalue weighted by atomic mass is 10.2. The van der Waals surface area contributed by atoms with E-state index in [1.807, 2.05) is 54.5 Å². The van der Waals surface area contributed by atoms with Crippen molar-refractivity contribution in [2.75, 3.05) is 50.5 Å². The highest BCUT2D eigenvalue weighted by Crippen LogP contribution is 2.34. The van der Waals surface area contributed by atoms with Gasteiger partial charge < -0.3 is 4.74 Å². The predicted octanol–water partition coefficient (Wildman–Crippen LogP) is 5.35. The van der Waals surface area contributed by atoms with E-state index in [9.17, 15) is 4.79 Å². The van der Waals surface area contributed by atoms with Gasteiger partial charge in [0.1, 0.15) is 0 Å². The van der Waals surface area contributed by atoms with Crippen molar-refractivity contribution >= 4 is 56.0 Å². The number of aromatic nitrogens is 1. The summed E-state index contributed by atoms with van der Waals surface area (Å²) in [5, 5.41) is 1.42. The molecule has 0 aliphatic carbocycles. The number of carbonyl (C=O) groups excluding carboxylic acids is 1. The third kappa shape index (κ3) is 5.23. The van der Waals surface area contributed by atoms with E-state index in [1.54, 1.807) is 11.8 Å². The number of hydrogen-bond acceptors (Lipinski definition) is 6. The molecule has 1 aliphatic rings. The summed E-state index contributed by atoms with van der Waals surface area (Å²) in [5.41, 5.74) is 2.65. The molecule has 0 atom stereocenters. The van der Waals surface area contributed by atoms with Gasteiger partial charge in [0.05, 0.1) is 29.0 Å². The third-order valence-electron chi connectivity index (χ3n) is 5.41. The van der Waals surface area contributed by atoms with E-state index in [-0.39, 0.29) is 5.91 Å². The van der Waals surface area contributed by atoms with E-state index in [0.717, 1.165) is 70.6 Å². The Morgan fingerprint density at radius 3 is 2.84 bits per heavy atom. The molecule has 0 bridgehead atoms. The first-order chi connectivity index (χ1) is 15.1. The molecule has 1 amide bonds. The summed E-state index contributed by atoms with van der Waals surface area (Å²) in [5.74, 6) is -0.00488. The first-order valence-electron chi connectivity index (χ1n) is 10.4. The van der Waals surface area contributed by atoms with Crippen molar-refractivity contribution in [3.05, 3.63) is 52.5 Å². The molecule has 0 unspecified atom stereocenters. The second kappa shape index (κ2) is 10.3. The molecule has 0 saturated carbocycles. The van der Waals surface area contributed by atoms with Crippen LogP contribution in [0.15, 0.2) is 41.3 Å². The largest absolute Gasteiger partial charge is 0.379 e. The Morgan fingerprint density at radius 1 is 1.29 bits per heavy atom. The van der Waals surface area contributed by atoms with Gasteiger partial charge in [-0.05, 0) is 49.4 Å². The van der Waals surface area contributed by atoms with Crippen molar-refractivity contribution in [3.63, 3.8) is 0 Å². The zero-order valence-corrected chi connectivity index (χ0v) is 20.2. The van der Waals surface area contributed by atoms with Crippen molar-refractivity contribution < 1.29 is 9.53 Å². The number of hydrogen-bond donors (Lipinski definition) is 0. The molecule has 3 aromatic rings. The number of anilines is 1. The van der Waals surface area contributed by atoms with Crippen LogP contribution in [0.1, 0.15) is 22.3 Å². The standard InChI is InChI=1S/C23H26ClN3O2S2/c1-16-14-17(24)15-20-21(16)25-23(31-20)27(9-5-8-26-10-12-29-13-11-26)22(28)18-6-3-4-7-19(18)30-2/h3-4,6-7,14-15H,5,8-13H2,1-2H3. The topological polar surface area (TPSA) is 45.7 Å². The van der Waals surface area contributed by atoms with Gasteiger partial charge >= 0.3 is 0 Å². The zero-order valence-electron chi connectivity index (χ0n) is 17.8. The normalized spacial score (nSPS) is 14.8. The maximum absolute atomic E-state index is 13.7. The summed E-state index contributed by atoms with van der Waals surface area (Å²) < 4.78 is 6.45. The van der Waals surface area contributed by atoms with Gasteiger partial charge in [0.2, 0.25) is 0 Å². The number of amides is 1. The first-order valence-corrected chi connectivity index (χ1v) is 12.8. The highest BCUT2D eigenvalue weighted by molar-refractivity contribution is 7.98. The Kier molecular flexibility index (Phi) is 7.51. The Labute approximate surface area is 196 Å². The van der Waals surface area contributed by atoms with E-state index in [2.05, 4.69) is 4.90 Å². The van der Waals surface area contributed by atoms with Crippen LogP contribution in [0.3, 0.4) is 0 Å². The number of rotatable bonds is 7. The number of thiazole rings is 1. The molecule has 4 rings (SSSR count). The molecule has 1 fully saturated rings. The summed E-state index contributed by atoms with van der Waals surface area (Å²) in [6, 6.07) is 11.6. The zero-order chi connectivity index (χ0) is 21.8. The van der Waals surface area contributed by atoms with Crippen LogP contribution in [0.2, 0.25) is 5.02 Å². The molecular weight excluding hydrogens is 450 g/mol. The lowest BCUT2D eigenvalue weighted by Crippen LogP contribution is -2.39. The second-order valence-electron chi connectivity index (χ2n) is 7.53. The Bertz CT molecular complexity index is 1070. The van der Waals surface area contributed by atoms with Crippen LogP contribution in [-0.4, -0.2) is 61.4 Å². The molecule has 1 aliphatic heterocycles. The van der Waals surface area contributed by atoms with Crippen molar-refractivity contribution in [2.45, 2.75) is 18.2 Å². The first kappa shape index (κ1) is 22.6. The number of ether oxygens (including phenoxy) is 1. The van der Waals surface area contributed by atoms with Crippen LogP contribution in [0.5, 0.6) is 0 Å². The molecule has 0 N–H and O–H groups in total. The maximum atomic E-state index is 13.7. The van der Waals surface area contributed by atoms with E-state index in [0.29, 0.717) is 11.6 Å². The summed E-state index contributed by atoms with van der Waals surface area (Å²) in [4.78, 5) is 23.7. The van der Waals surface area contributed by atoms with Gasteiger partial charge in [-0.1, -0.05) is 35.1 Å². The Balaban J connectivity index is 1.63. The summed E-state index contributed by atoms with van der Waals surface area (Å²) in [6.45, 7) is 7.01. The molecule has 31 heavy (non-hydrogen) atoms. The quantitative estimate of drug-likeness (QED) is 0.431. The molecule has 5 nitrogen and oxygen atoms in total. The molecule has 2 heterocycles. The van der Waals surface area contributed by atoms with Gasteiger partial charge in [0.25, 0.3) is 5.91 Å². The van der Waals surface area contributed by atoms with Crippen LogP contribution in [0.4, 0.5) is 5.13 Å². The SMILES string of the molecule is CSc1ccccc1C(=O)N(CCCN1CCOCC1)c1nc2c(C)cc(Cl)cc2s1. The number of morpholine rings is 1. The minimum absolute atomic E-state index is 0.00488. The molecule has 8 heteroatoms. The minimum Gasteiger partial charge on any atom is -0.379 e. The number of fused-ring (bicyclic) bond motifs is 1. The smallest absolute Gasteiger partial charge is 0.261 e. The molecule has 164 valence electrons. The molecule has 1 saturated heterocycles. The molecule has 1 aromatic heterocycles. The summed E-state index contributed by atoms with van der Waals surface area (Å²) in [6.07, 6.45) is 2.88. The lowest BCUT2D eigenvalue weighted by Gasteiger charge is -2.28. The number of nitrogens with zero attached hydrogens (tertiary/aromatic N) is 3. The fraction of sp³-hybridized carbons (Fsp3) is 0.391. The van der Waals surface area contributed by atoms with Crippen LogP contribution in [0, 0.1) is 6.92 Å². The van der Waals surface area contributed by atoms with Crippen LogP contribution >= 0.6 is 34.7 Å². The number of carbonyl (C=O) groups is 1. The molecule has 0 spiro atoms. The van der Waals surface area contributed by atoms with Crippen molar-refractivity contribution in [3.8, 4) is 0 Å². The Hall–Kier alpha value is -1.64. The molecular formula is C23H26ClN3O2S2. The van der Waals surface area contributed by atoms with E-state index >= 15 is 0 Å². The van der Waals surface area contributed by atoms with Gasteiger partial charge in [-0.15, -0.1) is 11.8 Å². The van der Waals surface area contributed by atoms with Gasteiger partial charge in [0.15, 0.2) is 5.13 Å². The fourth-order valence-corrected chi connectivity index (χ4v) is 5.82. The highest BCUT2D eigenvalue weighted by Gasteiger charge is 2.24. The maximum Gasteiger partial charge on any atom is 0.261 e. The fourth-order valence-electron chi connectivity index (χ4n) is 3.79. The van der Waals surface area contributed by atoms with Crippen molar-refractivity contribution in [1.82, 2.24) is 9.88 Å². The molecule has 0 radical (unpaired) electrons. The minimum atomic E-state index is -0.00488. The molecule has 2 aromatic carbocycles. The monoisotopic (exact) mass is 475 g/mol. The number of thioether (sulfide) groups is 1. The summed E-state index contributed by atoms with van der Waals surface area (Å²) in [7, 11) is 0. The predicted molar refractivity (Wildman–Crippen MR) is 131 cm³/mol. The van der Waals surface area contributed by atoms with Gasteiger partial charge in [-0.25, -0.2) is 4.98 Å². The van der Waals surface area contributed by atoms with Crippen molar-refractivity contribution in [2.24, 2.45) is 0 Å². The van der Waals surface area contributed by atoms with Crippen LogP contribution in [-0.2, 0) is 4.74 Å². The summed E-state index contributed by atoms with van der Waals surface area (Å²) >= 11 is 9.37. The second-order valence-corrected chi connectivity index (χ2v) is 9.82. The highest BCUT2D eigenvalue weighted by atomic mass is 35.5. The van der Waals surface area contributed by atoms with E-state index in [1.165, 1.54) is 11.3 Å².